The molecule has 1 aliphatic rings. The second-order valence-corrected chi connectivity index (χ2v) is 2.79. The Morgan fingerprint density at radius 2 is 1.92 bits per heavy atom. The van der Waals surface area contributed by atoms with E-state index in [2.05, 4.69) is 10.0 Å². The monoisotopic (exact) mass is 189 g/mol. The number of aliphatic hydroxyl groups excluding tert-OH is 3. The van der Waals surface area contributed by atoms with Gasteiger partial charge in [0.1, 0.15) is 18.3 Å². The fourth-order valence-electron chi connectivity index (χ4n) is 1.24. The summed E-state index contributed by atoms with van der Waals surface area (Å²) in [7, 11) is 0. The number of azide groups is 1. The summed E-state index contributed by atoms with van der Waals surface area (Å²) >= 11 is 0. The third kappa shape index (κ3) is 2.09. The molecule has 13 heavy (non-hydrogen) atoms. The molecule has 3 N–H and O–H groups in total. The van der Waals surface area contributed by atoms with Gasteiger partial charge in [-0.05, 0) is 5.53 Å². The fraction of sp³-hybridized carbons (Fsp3) is 1.00. The van der Waals surface area contributed by atoms with Gasteiger partial charge in [-0.3, -0.25) is 0 Å². The maximum absolute atomic E-state index is 9.32. The highest BCUT2D eigenvalue weighted by molar-refractivity contribution is 4.91. The lowest BCUT2D eigenvalue weighted by molar-refractivity contribution is -0.0192. The molecule has 0 saturated carbocycles. The summed E-state index contributed by atoms with van der Waals surface area (Å²) < 4.78 is 5.02. The number of hydrogen-bond acceptors (Lipinski definition) is 5. The van der Waals surface area contributed by atoms with E-state index >= 15 is 0 Å². The molecule has 0 unspecified atom stereocenters. The summed E-state index contributed by atoms with van der Waals surface area (Å²) in [5.41, 5.74) is 8.01. The van der Waals surface area contributed by atoms with Crippen molar-refractivity contribution in [1.29, 1.82) is 0 Å². The lowest BCUT2D eigenvalue weighted by Gasteiger charge is -2.11. The predicted molar refractivity (Wildman–Crippen MR) is 41.8 cm³/mol. The van der Waals surface area contributed by atoms with Crippen molar-refractivity contribution in [3.63, 3.8) is 0 Å². The summed E-state index contributed by atoms with van der Waals surface area (Å²) in [6.45, 7) is -0.420. The van der Waals surface area contributed by atoms with Gasteiger partial charge in [0.25, 0.3) is 0 Å². The molecule has 1 rings (SSSR count). The molecule has 0 aromatic rings. The van der Waals surface area contributed by atoms with Gasteiger partial charge in [-0.2, -0.15) is 0 Å². The molecular formula is C6H11N3O4. The average Bonchev–Trinajstić information content (AvgIpc) is 2.41. The first-order chi connectivity index (χ1) is 6.20. The van der Waals surface area contributed by atoms with Crippen molar-refractivity contribution in [1.82, 2.24) is 0 Å². The molecule has 0 radical (unpaired) electrons. The van der Waals surface area contributed by atoms with Crippen LogP contribution in [0, 0.1) is 0 Å². The minimum Gasteiger partial charge on any atom is -0.394 e. The van der Waals surface area contributed by atoms with E-state index in [4.69, 9.17) is 15.4 Å². The van der Waals surface area contributed by atoms with Crippen LogP contribution >= 0.6 is 0 Å². The van der Waals surface area contributed by atoms with Crippen LogP contribution in [0.25, 0.3) is 10.4 Å². The van der Waals surface area contributed by atoms with E-state index in [-0.39, 0.29) is 13.2 Å². The van der Waals surface area contributed by atoms with Gasteiger partial charge in [0.15, 0.2) is 0 Å². The third-order valence-corrected chi connectivity index (χ3v) is 1.97. The van der Waals surface area contributed by atoms with Gasteiger partial charge >= 0.3 is 0 Å². The van der Waals surface area contributed by atoms with E-state index in [1.165, 1.54) is 0 Å². The van der Waals surface area contributed by atoms with Crippen LogP contribution in [0.3, 0.4) is 0 Å². The minimum atomic E-state index is -1.12. The zero-order chi connectivity index (χ0) is 9.84. The Hall–Kier alpha value is -0.850. The van der Waals surface area contributed by atoms with Crippen molar-refractivity contribution in [3.05, 3.63) is 10.4 Å². The highest BCUT2D eigenvalue weighted by Crippen LogP contribution is 2.21. The molecule has 1 saturated heterocycles. The SMILES string of the molecule is [N-]=[N+]=NC[C@H]1O[C@@H](CO)[C@H](O)[C@H]1O. The molecule has 7 nitrogen and oxygen atoms in total. The van der Waals surface area contributed by atoms with Crippen molar-refractivity contribution >= 4 is 0 Å². The van der Waals surface area contributed by atoms with Gasteiger partial charge in [0.2, 0.25) is 0 Å². The minimum absolute atomic E-state index is 0.0504. The molecule has 0 spiro atoms. The van der Waals surface area contributed by atoms with Crippen molar-refractivity contribution in [2.24, 2.45) is 5.11 Å². The number of nitrogens with zero attached hydrogens (tertiary/aromatic N) is 3. The lowest BCUT2D eigenvalue weighted by atomic mass is 10.1. The highest BCUT2D eigenvalue weighted by Gasteiger charge is 2.41. The second kappa shape index (κ2) is 4.40. The number of aliphatic hydroxyl groups is 3. The maximum atomic E-state index is 9.32. The molecule has 0 amide bonds. The largest absolute Gasteiger partial charge is 0.394 e. The van der Waals surface area contributed by atoms with E-state index < -0.39 is 24.4 Å². The topological polar surface area (TPSA) is 119 Å². The molecule has 0 aliphatic carbocycles. The molecule has 4 atom stereocenters. The summed E-state index contributed by atoms with van der Waals surface area (Å²) in [5, 5.41) is 30.5. The fourth-order valence-corrected chi connectivity index (χ4v) is 1.24. The Bertz CT molecular complexity index is 218. The molecule has 1 aliphatic heterocycles. The molecule has 0 aromatic carbocycles. The van der Waals surface area contributed by atoms with Gasteiger partial charge in [-0.15, -0.1) is 0 Å². The zero-order valence-electron chi connectivity index (χ0n) is 6.82. The standard InChI is InChI=1S/C6H11N3O4/c7-9-8-1-3-5(11)6(12)4(2-10)13-3/h3-6,10-12H,1-2H2/t3-,4+,5+,6+/m1/s1. The van der Waals surface area contributed by atoms with Gasteiger partial charge in [0, 0.05) is 4.91 Å². The molecule has 0 bridgehead atoms. The van der Waals surface area contributed by atoms with Gasteiger partial charge < -0.3 is 20.1 Å². The molecule has 0 aromatic heterocycles. The molecule has 1 heterocycles. The van der Waals surface area contributed by atoms with Crippen LogP contribution in [0.5, 0.6) is 0 Å². The van der Waals surface area contributed by atoms with Crippen molar-refractivity contribution in [2.75, 3.05) is 13.2 Å². The van der Waals surface area contributed by atoms with Crippen LogP contribution in [0.2, 0.25) is 0 Å². The molecular weight excluding hydrogens is 178 g/mol. The number of ether oxygens (including phenoxy) is 1. The third-order valence-electron chi connectivity index (χ3n) is 1.97. The predicted octanol–water partition coefficient (Wildman–Crippen LogP) is -1.22. The average molecular weight is 189 g/mol. The Balaban J connectivity index is 2.54. The Morgan fingerprint density at radius 1 is 1.31 bits per heavy atom. The molecule has 74 valence electrons. The van der Waals surface area contributed by atoms with E-state index in [0.29, 0.717) is 0 Å². The van der Waals surface area contributed by atoms with Crippen molar-refractivity contribution < 1.29 is 20.1 Å². The Morgan fingerprint density at radius 3 is 2.38 bits per heavy atom. The van der Waals surface area contributed by atoms with Crippen LogP contribution in [0.4, 0.5) is 0 Å². The van der Waals surface area contributed by atoms with E-state index in [1.54, 1.807) is 0 Å². The zero-order valence-corrected chi connectivity index (χ0v) is 6.82. The summed E-state index contributed by atoms with van der Waals surface area (Å²) in [6.07, 6.45) is -3.76. The van der Waals surface area contributed by atoms with Crippen LogP contribution in [0.1, 0.15) is 0 Å². The first kappa shape index (κ1) is 10.2. The van der Waals surface area contributed by atoms with E-state index in [0.717, 1.165) is 0 Å². The summed E-state index contributed by atoms with van der Waals surface area (Å²) in [4.78, 5) is 2.50. The van der Waals surface area contributed by atoms with Crippen molar-refractivity contribution in [2.45, 2.75) is 24.4 Å². The summed E-state index contributed by atoms with van der Waals surface area (Å²) in [6, 6.07) is 0. The Labute approximate surface area is 74.2 Å². The van der Waals surface area contributed by atoms with Crippen LogP contribution < -0.4 is 0 Å². The van der Waals surface area contributed by atoms with Crippen LogP contribution in [-0.4, -0.2) is 52.9 Å². The van der Waals surface area contributed by atoms with Gasteiger partial charge in [0.05, 0.1) is 19.3 Å². The van der Waals surface area contributed by atoms with Gasteiger partial charge in [-0.25, -0.2) is 0 Å². The Kier molecular flexibility index (Phi) is 3.47. The number of rotatable bonds is 3. The van der Waals surface area contributed by atoms with Crippen LogP contribution in [0.15, 0.2) is 5.11 Å². The summed E-state index contributed by atoms with van der Waals surface area (Å²) in [5.74, 6) is 0. The second-order valence-electron chi connectivity index (χ2n) is 2.79. The van der Waals surface area contributed by atoms with Gasteiger partial charge in [-0.1, -0.05) is 5.11 Å². The van der Waals surface area contributed by atoms with Crippen LogP contribution in [-0.2, 0) is 4.74 Å². The quantitative estimate of drug-likeness (QED) is 0.293. The highest BCUT2D eigenvalue weighted by atomic mass is 16.6. The van der Waals surface area contributed by atoms with E-state index in [9.17, 15) is 10.2 Å². The molecule has 7 heteroatoms. The smallest absolute Gasteiger partial charge is 0.111 e. The lowest BCUT2D eigenvalue weighted by Crippen LogP contribution is -2.34. The number of hydrogen-bond donors (Lipinski definition) is 3. The van der Waals surface area contributed by atoms with E-state index in [1.807, 2.05) is 0 Å². The molecule has 1 fully saturated rings. The van der Waals surface area contributed by atoms with Crippen molar-refractivity contribution in [3.8, 4) is 0 Å². The first-order valence-corrected chi connectivity index (χ1v) is 3.84. The maximum Gasteiger partial charge on any atom is 0.111 e. The first-order valence-electron chi connectivity index (χ1n) is 3.84. The normalized spacial score (nSPS) is 38.7.